The molecule has 1 aliphatic carbocycles. The molecule has 202 valence electrons. The zero-order valence-electron chi connectivity index (χ0n) is 21.0. The standard InChI is InChI=1S/C31H28ClNO5.ClH/c32-23-6-3-5-21(15-23)29(34)19-33-24-13-11-20-12-14-27(17-22(20)16-24)37-25-7-4-8-26(18-25)38-30-10-2-1-9-28(30)31(35)36;/h1-10,12,14-15,17-18,24,29,33-34H,11,13,16,19H2,(H,35,36);1H/t24-,29+;/m0./s1. The van der Waals surface area contributed by atoms with Crippen molar-refractivity contribution in [1.82, 2.24) is 5.32 Å². The highest BCUT2D eigenvalue weighted by molar-refractivity contribution is 6.30. The van der Waals surface area contributed by atoms with Crippen molar-refractivity contribution in [3.63, 3.8) is 0 Å². The Bertz CT molecular complexity index is 1440. The fourth-order valence-corrected chi connectivity index (χ4v) is 4.88. The number of hydrogen-bond acceptors (Lipinski definition) is 5. The summed E-state index contributed by atoms with van der Waals surface area (Å²) in [6.45, 7) is 0.453. The van der Waals surface area contributed by atoms with Crippen molar-refractivity contribution >= 4 is 30.0 Å². The average Bonchev–Trinajstić information content (AvgIpc) is 2.92. The molecule has 0 saturated carbocycles. The van der Waals surface area contributed by atoms with Crippen LogP contribution in [0.5, 0.6) is 23.0 Å². The number of aryl methyl sites for hydroxylation is 1. The third-order valence-corrected chi connectivity index (χ3v) is 6.86. The predicted octanol–water partition coefficient (Wildman–Crippen LogP) is 7.23. The molecule has 0 bridgehead atoms. The summed E-state index contributed by atoms with van der Waals surface area (Å²) in [5, 5.41) is 24.1. The summed E-state index contributed by atoms with van der Waals surface area (Å²) in [6, 6.07) is 27.3. The lowest BCUT2D eigenvalue weighted by Crippen LogP contribution is -2.37. The van der Waals surface area contributed by atoms with Gasteiger partial charge in [-0.25, -0.2) is 4.79 Å². The Labute approximate surface area is 238 Å². The number of rotatable bonds is 9. The number of ether oxygens (including phenoxy) is 2. The van der Waals surface area contributed by atoms with E-state index in [1.165, 1.54) is 17.2 Å². The lowest BCUT2D eigenvalue weighted by atomic mass is 9.88. The molecule has 0 radical (unpaired) electrons. The van der Waals surface area contributed by atoms with E-state index in [2.05, 4.69) is 17.4 Å². The van der Waals surface area contributed by atoms with Crippen molar-refractivity contribution in [3.05, 3.63) is 118 Å². The number of halogens is 2. The van der Waals surface area contributed by atoms with E-state index in [1.54, 1.807) is 48.5 Å². The number of aliphatic hydroxyl groups is 1. The second-order valence-electron chi connectivity index (χ2n) is 9.33. The van der Waals surface area contributed by atoms with Crippen LogP contribution >= 0.6 is 24.0 Å². The van der Waals surface area contributed by atoms with Crippen molar-refractivity contribution in [2.45, 2.75) is 31.4 Å². The first-order chi connectivity index (χ1) is 18.4. The predicted molar refractivity (Wildman–Crippen MR) is 154 cm³/mol. The monoisotopic (exact) mass is 565 g/mol. The third-order valence-electron chi connectivity index (χ3n) is 6.63. The van der Waals surface area contributed by atoms with Gasteiger partial charge in [0.05, 0.1) is 6.10 Å². The minimum absolute atomic E-state index is 0. The topological polar surface area (TPSA) is 88.0 Å². The zero-order valence-corrected chi connectivity index (χ0v) is 22.6. The maximum atomic E-state index is 11.5. The Morgan fingerprint density at radius 1 is 0.897 bits per heavy atom. The summed E-state index contributed by atoms with van der Waals surface area (Å²) in [5.74, 6) is 1.01. The second-order valence-corrected chi connectivity index (χ2v) is 9.77. The number of nitrogens with one attached hydrogen (secondary N) is 1. The van der Waals surface area contributed by atoms with Crippen LogP contribution in [0.15, 0.2) is 91.0 Å². The lowest BCUT2D eigenvalue weighted by molar-refractivity contribution is 0.0694. The third kappa shape index (κ3) is 7.31. The van der Waals surface area contributed by atoms with Crippen LogP contribution in [0.2, 0.25) is 5.02 Å². The van der Waals surface area contributed by atoms with Gasteiger partial charge in [0.25, 0.3) is 0 Å². The van der Waals surface area contributed by atoms with Gasteiger partial charge in [0, 0.05) is 23.7 Å². The molecule has 0 unspecified atom stereocenters. The largest absolute Gasteiger partial charge is 0.478 e. The molecule has 8 heteroatoms. The van der Waals surface area contributed by atoms with Crippen molar-refractivity contribution in [2.75, 3.05) is 6.54 Å². The molecular formula is C31H29Cl2NO5. The summed E-state index contributed by atoms with van der Waals surface area (Å²) in [5.41, 5.74) is 3.41. The number of hydrogen-bond donors (Lipinski definition) is 3. The first-order valence-electron chi connectivity index (χ1n) is 12.5. The molecule has 6 nitrogen and oxygen atoms in total. The van der Waals surface area contributed by atoms with Gasteiger partial charge in [0.2, 0.25) is 0 Å². The minimum Gasteiger partial charge on any atom is -0.478 e. The Morgan fingerprint density at radius 3 is 2.44 bits per heavy atom. The van der Waals surface area contributed by atoms with E-state index in [-0.39, 0.29) is 29.8 Å². The molecule has 0 saturated heterocycles. The van der Waals surface area contributed by atoms with E-state index >= 15 is 0 Å². The van der Waals surface area contributed by atoms with Crippen LogP contribution in [0, 0.1) is 0 Å². The lowest BCUT2D eigenvalue weighted by Gasteiger charge is -2.27. The maximum absolute atomic E-state index is 11.5. The Kier molecular flexibility index (Phi) is 9.49. The number of carboxylic acids is 1. The van der Waals surface area contributed by atoms with Crippen molar-refractivity contribution in [2.24, 2.45) is 0 Å². The molecule has 0 aliphatic heterocycles. The van der Waals surface area contributed by atoms with E-state index in [9.17, 15) is 15.0 Å². The molecule has 0 amide bonds. The Morgan fingerprint density at radius 2 is 1.64 bits per heavy atom. The quantitative estimate of drug-likeness (QED) is 0.198. The Balaban J connectivity index is 0.00000353. The summed E-state index contributed by atoms with van der Waals surface area (Å²) in [6.07, 6.45) is 2.16. The number of aromatic carboxylic acids is 1. The number of benzene rings is 4. The van der Waals surface area contributed by atoms with Crippen LogP contribution in [0.3, 0.4) is 0 Å². The Hall–Kier alpha value is -3.55. The van der Waals surface area contributed by atoms with E-state index in [0.29, 0.717) is 28.8 Å². The summed E-state index contributed by atoms with van der Waals surface area (Å²) in [4.78, 5) is 11.5. The normalized spacial score (nSPS) is 15.0. The number of para-hydroxylation sites is 1. The van der Waals surface area contributed by atoms with E-state index in [4.69, 9.17) is 21.1 Å². The SMILES string of the molecule is Cl.O=C(O)c1ccccc1Oc1cccc(Oc2ccc3c(c2)C[C@@H](NC[C@@H](O)c2cccc(Cl)c2)CC3)c1. The molecule has 0 fully saturated rings. The zero-order chi connectivity index (χ0) is 26.5. The van der Waals surface area contributed by atoms with Crippen LogP contribution in [0.1, 0.15) is 39.6 Å². The van der Waals surface area contributed by atoms with Crippen LogP contribution in [-0.2, 0) is 12.8 Å². The van der Waals surface area contributed by atoms with Crippen LogP contribution in [0.4, 0.5) is 0 Å². The summed E-state index contributed by atoms with van der Waals surface area (Å²) in [7, 11) is 0. The molecule has 5 rings (SSSR count). The highest BCUT2D eigenvalue weighted by atomic mass is 35.5. The molecule has 0 heterocycles. The van der Waals surface area contributed by atoms with Gasteiger partial charge in [0.15, 0.2) is 0 Å². The molecule has 0 aromatic heterocycles. The highest BCUT2D eigenvalue weighted by Crippen LogP contribution is 2.32. The van der Waals surface area contributed by atoms with Gasteiger partial charge in [-0.1, -0.05) is 48.0 Å². The van der Waals surface area contributed by atoms with E-state index in [1.807, 2.05) is 24.3 Å². The fourth-order valence-electron chi connectivity index (χ4n) is 4.68. The first kappa shape index (κ1) is 28.5. The van der Waals surface area contributed by atoms with Gasteiger partial charge in [-0.3, -0.25) is 0 Å². The van der Waals surface area contributed by atoms with Crippen molar-refractivity contribution < 1.29 is 24.5 Å². The minimum atomic E-state index is -1.05. The van der Waals surface area contributed by atoms with Crippen LogP contribution in [0.25, 0.3) is 0 Å². The van der Waals surface area contributed by atoms with Gasteiger partial charge >= 0.3 is 5.97 Å². The highest BCUT2D eigenvalue weighted by Gasteiger charge is 2.20. The molecule has 0 spiro atoms. The van der Waals surface area contributed by atoms with Gasteiger partial charge in [-0.05, 0) is 84.5 Å². The smallest absolute Gasteiger partial charge is 0.339 e. The number of fused-ring (bicyclic) bond motifs is 1. The molecule has 2 atom stereocenters. The van der Waals surface area contributed by atoms with E-state index in [0.717, 1.165) is 24.8 Å². The van der Waals surface area contributed by atoms with Crippen LogP contribution < -0.4 is 14.8 Å². The van der Waals surface area contributed by atoms with Crippen molar-refractivity contribution in [1.29, 1.82) is 0 Å². The first-order valence-corrected chi connectivity index (χ1v) is 12.9. The summed E-state index contributed by atoms with van der Waals surface area (Å²) < 4.78 is 12.0. The van der Waals surface area contributed by atoms with Gasteiger partial charge in [-0.15, -0.1) is 12.4 Å². The number of carboxylic acid groups (broad SMARTS) is 1. The van der Waals surface area contributed by atoms with Gasteiger partial charge < -0.3 is 25.0 Å². The summed E-state index contributed by atoms with van der Waals surface area (Å²) >= 11 is 6.06. The molecular weight excluding hydrogens is 537 g/mol. The fraction of sp³-hybridized carbons (Fsp3) is 0.194. The molecule has 4 aromatic carbocycles. The number of aliphatic hydroxyl groups excluding tert-OH is 1. The average molecular weight is 566 g/mol. The van der Waals surface area contributed by atoms with Gasteiger partial charge in [-0.2, -0.15) is 0 Å². The maximum Gasteiger partial charge on any atom is 0.339 e. The molecule has 39 heavy (non-hydrogen) atoms. The van der Waals surface area contributed by atoms with Crippen LogP contribution in [-0.4, -0.2) is 28.8 Å². The van der Waals surface area contributed by atoms with E-state index < -0.39 is 12.1 Å². The van der Waals surface area contributed by atoms with Crippen molar-refractivity contribution in [3.8, 4) is 23.0 Å². The number of carbonyl (C=O) groups is 1. The molecule has 3 N–H and O–H groups in total. The second kappa shape index (κ2) is 13.0. The molecule has 1 aliphatic rings. The molecule has 4 aromatic rings. The van der Waals surface area contributed by atoms with Gasteiger partial charge in [0.1, 0.15) is 28.6 Å².